The Morgan fingerprint density at radius 1 is 1.41 bits per heavy atom. The molecule has 1 saturated heterocycles. The molecule has 1 aliphatic heterocycles. The van der Waals surface area contributed by atoms with E-state index in [9.17, 15) is 4.79 Å². The second-order valence-corrected chi connectivity index (χ2v) is 7.57. The Morgan fingerprint density at radius 2 is 2.18 bits per heavy atom. The lowest BCUT2D eigenvalue weighted by Crippen LogP contribution is -2.36. The van der Waals surface area contributed by atoms with Crippen molar-refractivity contribution in [1.82, 2.24) is 9.88 Å². The average molecular weight is 319 g/mol. The number of ether oxygens (including phenoxy) is 1. The van der Waals surface area contributed by atoms with E-state index in [1.54, 1.807) is 16.2 Å². The summed E-state index contributed by atoms with van der Waals surface area (Å²) >= 11 is 1.65. The smallest absolute Gasteiger partial charge is 0.410 e. The van der Waals surface area contributed by atoms with Crippen molar-refractivity contribution < 1.29 is 9.53 Å². The number of nitrogens with one attached hydrogen (secondary N) is 1. The molecule has 0 aliphatic carbocycles. The minimum atomic E-state index is -0.449. The van der Waals surface area contributed by atoms with Gasteiger partial charge in [0.15, 0.2) is 5.13 Å². The Morgan fingerprint density at radius 3 is 2.91 bits per heavy atom. The third-order valence-corrected chi connectivity index (χ3v) is 4.43. The zero-order valence-corrected chi connectivity index (χ0v) is 13.9. The molecule has 0 spiro atoms. The van der Waals surface area contributed by atoms with Gasteiger partial charge in [-0.05, 0) is 39.3 Å². The maximum Gasteiger partial charge on any atom is 0.410 e. The number of hydrogen-bond donors (Lipinski definition) is 1. The molecule has 2 heterocycles. The number of benzene rings is 1. The molecule has 1 aromatic carbocycles. The second kappa shape index (κ2) is 5.76. The van der Waals surface area contributed by atoms with Gasteiger partial charge < -0.3 is 15.0 Å². The molecular formula is C16H21N3O2S. The van der Waals surface area contributed by atoms with E-state index in [1.807, 2.05) is 39.0 Å². The fourth-order valence-corrected chi connectivity index (χ4v) is 3.42. The molecule has 6 heteroatoms. The highest BCUT2D eigenvalue weighted by atomic mass is 32.1. The van der Waals surface area contributed by atoms with Gasteiger partial charge in [-0.15, -0.1) is 0 Å². The summed E-state index contributed by atoms with van der Waals surface area (Å²) in [6.07, 6.45) is 0.677. The van der Waals surface area contributed by atoms with E-state index in [0.29, 0.717) is 6.54 Å². The number of para-hydroxylation sites is 1. The normalized spacial score (nSPS) is 18.7. The lowest BCUT2D eigenvalue weighted by Gasteiger charge is -2.24. The minimum absolute atomic E-state index is 0.230. The second-order valence-electron chi connectivity index (χ2n) is 6.54. The van der Waals surface area contributed by atoms with Crippen LogP contribution in [0.25, 0.3) is 10.2 Å². The van der Waals surface area contributed by atoms with Gasteiger partial charge in [0.25, 0.3) is 0 Å². The van der Waals surface area contributed by atoms with E-state index in [0.717, 1.165) is 23.6 Å². The Balaban J connectivity index is 1.60. The van der Waals surface area contributed by atoms with Crippen molar-refractivity contribution in [2.45, 2.75) is 38.8 Å². The van der Waals surface area contributed by atoms with Crippen LogP contribution in [0.3, 0.4) is 0 Å². The van der Waals surface area contributed by atoms with Gasteiger partial charge in [0, 0.05) is 19.1 Å². The topological polar surface area (TPSA) is 54.5 Å². The highest BCUT2D eigenvalue weighted by Gasteiger charge is 2.30. The van der Waals surface area contributed by atoms with Crippen molar-refractivity contribution in [3.63, 3.8) is 0 Å². The molecule has 2 aromatic rings. The third-order valence-electron chi connectivity index (χ3n) is 3.46. The Bertz CT molecular complexity index is 644. The number of nitrogens with zero attached hydrogens (tertiary/aromatic N) is 2. The number of thiazole rings is 1. The van der Waals surface area contributed by atoms with Crippen LogP contribution in [0.4, 0.5) is 9.93 Å². The number of likely N-dealkylation sites (tertiary alicyclic amines) is 1. The van der Waals surface area contributed by atoms with Gasteiger partial charge in [-0.3, -0.25) is 0 Å². The quantitative estimate of drug-likeness (QED) is 0.916. The Kier molecular flexibility index (Phi) is 3.95. The van der Waals surface area contributed by atoms with Gasteiger partial charge in [-0.2, -0.15) is 0 Å². The summed E-state index contributed by atoms with van der Waals surface area (Å²) in [6, 6.07) is 8.32. The zero-order chi connectivity index (χ0) is 15.7. The predicted octanol–water partition coefficient (Wildman–Crippen LogP) is 3.72. The summed E-state index contributed by atoms with van der Waals surface area (Å²) in [7, 11) is 0. The predicted molar refractivity (Wildman–Crippen MR) is 89.5 cm³/mol. The maximum absolute atomic E-state index is 12.1. The van der Waals surface area contributed by atoms with Gasteiger partial charge in [0.1, 0.15) is 5.60 Å². The lowest BCUT2D eigenvalue weighted by atomic mass is 10.2. The van der Waals surface area contributed by atoms with E-state index in [4.69, 9.17) is 4.74 Å². The molecule has 22 heavy (non-hydrogen) atoms. The summed E-state index contributed by atoms with van der Waals surface area (Å²) in [5.41, 5.74) is 0.562. The van der Waals surface area contributed by atoms with E-state index in [2.05, 4.69) is 16.4 Å². The molecule has 1 atom stereocenters. The third kappa shape index (κ3) is 3.50. The molecule has 1 fully saturated rings. The first-order valence-corrected chi connectivity index (χ1v) is 8.32. The van der Waals surface area contributed by atoms with Gasteiger partial charge in [-0.25, -0.2) is 9.78 Å². The van der Waals surface area contributed by atoms with Crippen molar-refractivity contribution in [1.29, 1.82) is 0 Å². The van der Waals surface area contributed by atoms with Gasteiger partial charge in [-0.1, -0.05) is 23.5 Å². The first kappa shape index (κ1) is 15.1. The molecular weight excluding hydrogens is 298 g/mol. The number of carbonyl (C=O) groups is 1. The molecule has 1 aromatic heterocycles. The standard InChI is InChI=1S/C16H21N3O2S/c1-16(2,3)21-15(20)19-9-8-11(10-19)17-14-18-12-6-4-5-7-13(12)22-14/h4-7,11H,8-10H2,1-3H3,(H,17,18). The van der Waals surface area contributed by atoms with Crippen LogP contribution in [-0.4, -0.2) is 40.7 Å². The van der Waals surface area contributed by atoms with E-state index >= 15 is 0 Å². The van der Waals surface area contributed by atoms with Crippen molar-refractivity contribution >= 4 is 32.8 Å². The van der Waals surface area contributed by atoms with Gasteiger partial charge >= 0.3 is 6.09 Å². The SMILES string of the molecule is CC(C)(C)OC(=O)N1CCC(Nc2nc3ccccc3s2)C1. The van der Waals surface area contributed by atoms with Crippen LogP contribution in [0.5, 0.6) is 0 Å². The molecule has 0 radical (unpaired) electrons. The molecule has 5 nitrogen and oxygen atoms in total. The average Bonchev–Trinajstić information content (AvgIpc) is 3.02. The molecule has 3 rings (SSSR count). The Hall–Kier alpha value is -1.82. The molecule has 1 aliphatic rings. The number of aromatic nitrogens is 1. The van der Waals surface area contributed by atoms with Gasteiger partial charge in [0.2, 0.25) is 0 Å². The van der Waals surface area contributed by atoms with Crippen LogP contribution in [0.2, 0.25) is 0 Å². The van der Waals surface area contributed by atoms with Crippen molar-refractivity contribution in [2.75, 3.05) is 18.4 Å². The minimum Gasteiger partial charge on any atom is -0.444 e. The van der Waals surface area contributed by atoms with Crippen LogP contribution in [0.1, 0.15) is 27.2 Å². The fraction of sp³-hybridized carbons (Fsp3) is 0.500. The highest BCUT2D eigenvalue weighted by Crippen LogP contribution is 2.27. The molecule has 1 N–H and O–H groups in total. The molecule has 0 saturated carbocycles. The van der Waals surface area contributed by atoms with E-state index < -0.39 is 5.60 Å². The zero-order valence-electron chi connectivity index (χ0n) is 13.1. The Labute approximate surface area is 134 Å². The number of rotatable bonds is 2. The van der Waals surface area contributed by atoms with Crippen LogP contribution in [-0.2, 0) is 4.74 Å². The first-order valence-electron chi connectivity index (χ1n) is 7.51. The number of anilines is 1. The first-order chi connectivity index (χ1) is 10.4. The molecule has 0 bridgehead atoms. The summed E-state index contributed by atoms with van der Waals surface area (Å²) in [5.74, 6) is 0. The largest absolute Gasteiger partial charge is 0.444 e. The number of hydrogen-bond acceptors (Lipinski definition) is 5. The molecule has 1 unspecified atom stereocenters. The molecule has 1 amide bonds. The number of fused-ring (bicyclic) bond motifs is 1. The van der Waals surface area contributed by atoms with Crippen LogP contribution >= 0.6 is 11.3 Å². The summed E-state index contributed by atoms with van der Waals surface area (Å²) in [4.78, 5) is 18.4. The monoisotopic (exact) mass is 319 g/mol. The summed E-state index contributed by atoms with van der Waals surface area (Å²) in [5, 5.41) is 4.35. The lowest BCUT2D eigenvalue weighted by molar-refractivity contribution is 0.0293. The van der Waals surface area contributed by atoms with Crippen LogP contribution in [0, 0.1) is 0 Å². The van der Waals surface area contributed by atoms with Crippen molar-refractivity contribution in [3.05, 3.63) is 24.3 Å². The van der Waals surface area contributed by atoms with E-state index in [-0.39, 0.29) is 12.1 Å². The number of amides is 1. The van der Waals surface area contributed by atoms with Crippen molar-refractivity contribution in [2.24, 2.45) is 0 Å². The summed E-state index contributed by atoms with van der Waals surface area (Å²) < 4.78 is 6.59. The van der Waals surface area contributed by atoms with Crippen LogP contribution < -0.4 is 5.32 Å². The summed E-state index contributed by atoms with van der Waals surface area (Å²) in [6.45, 7) is 7.04. The van der Waals surface area contributed by atoms with Gasteiger partial charge in [0.05, 0.1) is 10.2 Å². The van der Waals surface area contributed by atoms with Crippen LogP contribution in [0.15, 0.2) is 24.3 Å². The highest BCUT2D eigenvalue weighted by molar-refractivity contribution is 7.22. The van der Waals surface area contributed by atoms with E-state index in [1.165, 1.54) is 4.70 Å². The maximum atomic E-state index is 12.1. The number of carbonyl (C=O) groups excluding carboxylic acids is 1. The fourth-order valence-electron chi connectivity index (χ4n) is 2.48. The molecule has 118 valence electrons. The van der Waals surface area contributed by atoms with Crippen molar-refractivity contribution in [3.8, 4) is 0 Å².